The van der Waals surface area contributed by atoms with Crippen LogP contribution in [0.5, 0.6) is 5.75 Å². The lowest BCUT2D eigenvalue weighted by Crippen LogP contribution is -2.19. The van der Waals surface area contributed by atoms with Gasteiger partial charge in [0.15, 0.2) is 5.13 Å². The quantitative estimate of drug-likeness (QED) is 0.650. The molecule has 1 aromatic carbocycles. The van der Waals surface area contributed by atoms with Gasteiger partial charge in [0, 0.05) is 11.1 Å². The first-order valence-corrected chi connectivity index (χ1v) is 6.34. The maximum Gasteiger partial charge on any atom is 0.335 e. The van der Waals surface area contributed by atoms with Crippen LogP contribution in [0.2, 0.25) is 0 Å². The Morgan fingerprint density at radius 3 is 2.60 bits per heavy atom. The normalized spacial score (nSPS) is 10.1. The summed E-state index contributed by atoms with van der Waals surface area (Å²) in [7, 11) is 0. The minimum Gasteiger partial charge on any atom is -0.506 e. The van der Waals surface area contributed by atoms with Crippen LogP contribution in [0.3, 0.4) is 0 Å². The van der Waals surface area contributed by atoms with Crippen molar-refractivity contribution >= 4 is 34.2 Å². The van der Waals surface area contributed by atoms with Gasteiger partial charge in [-0.2, -0.15) is 0 Å². The van der Waals surface area contributed by atoms with Crippen LogP contribution < -0.4 is 10.6 Å². The molecular formula is C12H11N3O4S. The molecule has 0 atom stereocenters. The third-order valence-corrected chi connectivity index (χ3v) is 3.16. The van der Waals surface area contributed by atoms with Gasteiger partial charge in [-0.3, -0.25) is 5.32 Å². The maximum atomic E-state index is 11.7. The number of benzene rings is 1. The number of phenolic OH excluding ortho intramolecular Hbond substituents is 1. The molecule has 20 heavy (non-hydrogen) atoms. The maximum absolute atomic E-state index is 11.7. The zero-order chi connectivity index (χ0) is 14.7. The number of hydrogen-bond acceptors (Lipinski definition) is 5. The van der Waals surface area contributed by atoms with Crippen molar-refractivity contribution in [3.63, 3.8) is 0 Å². The van der Waals surface area contributed by atoms with E-state index in [1.54, 1.807) is 6.20 Å². The zero-order valence-electron chi connectivity index (χ0n) is 10.4. The summed E-state index contributed by atoms with van der Waals surface area (Å²) in [6, 6.07) is 3.08. The van der Waals surface area contributed by atoms with Crippen molar-refractivity contribution in [3.8, 4) is 5.75 Å². The Kier molecular flexibility index (Phi) is 3.85. The number of aromatic hydroxyl groups is 1. The molecular weight excluding hydrogens is 282 g/mol. The van der Waals surface area contributed by atoms with Gasteiger partial charge in [0.2, 0.25) is 0 Å². The van der Waals surface area contributed by atoms with Crippen LogP contribution in [0.25, 0.3) is 0 Å². The lowest BCUT2D eigenvalue weighted by Gasteiger charge is -2.07. The molecule has 0 unspecified atom stereocenters. The first-order chi connectivity index (χ1) is 9.45. The molecule has 2 aromatic rings. The van der Waals surface area contributed by atoms with E-state index >= 15 is 0 Å². The standard InChI is InChI=1S/C12H11N3O4S/c1-6-5-13-12(20-6)15-11(19)14-8-3-2-7(10(17)18)4-9(8)16/h2-5,16H,1H3,(H,17,18)(H2,13,14,15,19). The fourth-order valence-electron chi connectivity index (χ4n) is 1.43. The number of carboxylic acids is 1. The third kappa shape index (κ3) is 3.23. The van der Waals surface area contributed by atoms with E-state index in [1.807, 2.05) is 6.92 Å². The number of hydrogen-bond donors (Lipinski definition) is 4. The zero-order valence-corrected chi connectivity index (χ0v) is 11.2. The number of amides is 2. The smallest absolute Gasteiger partial charge is 0.335 e. The molecule has 0 saturated carbocycles. The largest absolute Gasteiger partial charge is 0.506 e. The van der Waals surface area contributed by atoms with Crippen molar-refractivity contribution in [2.75, 3.05) is 10.6 Å². The lowest BCUT2D eigenvalue weighted by atomic mass is 10.2. The minimum atomic E-state index is -1.16. The van der Waals surface area contributed by atoms with Crippen molar-refractivity contribution in [2.45, 2.75) is 6.92 Å². The van der Waals surface area contributed by atoms with Crippen molar-refractivity contribution in [1.29, 1.82) is 0 Å². The molecule has 104 valence electrons. The molecule has 2 rings (SSSR count). The van der Waals surface area contributed by atoms with E-state index in [1.165, 1.54) is 23.5 Å². The van der Waals surface area contributed by atoms with Crippen LogP contribution in [0.15, 0.2) is 24.4 Å². The second kappa shape index (κ2) is 5.57. The molecule has 8 heteroatoms. The van der Waals surface area contributed by atoms with Gasteiger partial charge in [0.05, 0.1) is 11.3 Å². The predicted molar refractivity (Wildman–Crippen MR) is 74.6 cm³/mol. The second-order valence-corrected chi connectivity index (χ2v) is 5.13. The summed E-state index contributed by atoms with van der Waals surface area (Å²) in [4.78, 5) is 27.3. The van der Waals surface area contributed by atoms with Crippen molar-refractivity contribution in [1.82, 2.24) is 4.98 Å². The van der Waals surface area contributed by atoms with Gasteiger partial charge in [0.25, 0.3) is 0 Å². The molecule has 0 radical (unpaired) electrons. The summed E-state index contributed by atoms with van der Waals surface area (Å²) in [6.45, 7) is 1.86. The Hall–Kier alpha value is -2.61. The molecule has 0 spiro atoms. The average molecular weight is 293 g/mol. The summed E-state index contributed by atoms with van der Waals surface area (Å²) >= 11 is 1.31. The van der Waals surface area contributed by atoms with E-state index in [9.17, 15) is 14.7 Å². The summed E-state index contributed by atoms with van der Waals surface area (Å²) in [5.74, 6) is -1.48. The highest BCUT2D eigenvalue weighted by Crippen LogP contribution is 2.25. The van der Waals surface area contributed by atoms with Crippen molar-refractivity contribution in [3.05, 3.63) is 34.8 Å². The number of nitrogens with one attached hydrogen (secondary N) is 2. The number of carboxylic acid groups (broad SMARTS) is 1. The monoisotopic (exact) mass is 293 g/mol. The fourth-order valence-corrected chi connectivity index (χ4v) is 2.09. The number of phenols is 1. The Morgan fingerprint density at radius 2 is 2.05 bits per heavy atom. The molecule has 0 saturated heterocycles. The molecule has 2 amide bonds. The molecule has 0 aliphatic heterocycles. The second-order valence-electron chi connectivity index (χ2n) is 3.89. The number of aromatic nitrogens is 1. The first-order valence-electron chi connectivity index (χ1n) is 5.52. The molecule has 0 aliphatic rings. The van der Waals surface area contributed by atoms with E-state index in [4.69, 9.17) is 5.11 Å². The summed E-state index contributed by atoms with van der Waals surface area (Å²) in [5, 5.41) is 23.7. The van der Waals surface area contributed by atoms with E-state index < -0.39 is 12.0 Å². The van der Waals surface area contributed by atoms with Gasteiger partial charge in [-0.25, -0.2) is 14.6 Å². The number of thiazole rings is 1. The van der Waals surface area contributed by atoms with Crippen LogP contribution in [-0.4, -0.2) is 27.2 Å². The van der Waals surface area contributed by atoms with Crippen LogP contribution in [-0.2, 0) is 0 Å². The number of anilines is 2. The third-order valence-electron chi connectivity index (χ3n) is 2.33. The lowest BCUT2D eigenvalue weighted by molar-refractivity contribution is 0.0696. The number of aryl methyl sites for hydroxylation is 1. The summed E-state index contributed by atoms with van der Waals surface area (Å²) in [5.41, 5.74) is 0.0461. The number of urea groups is 1. The summed E-state index contributed by atoms with van der Waals surface area (Å²) in [6.07, 6.45) is 1.62. The minimum absolute atomic E-state index is 0.0657. The number of rotatable bonds is 3. The highest BCUT2D eigenvalue weighted by atomic mass is 32.1. The van der Waals surface area contributed by atoms with Crippen molar-refractivity contribution < 1.29 is 19.8 Å². The number of carbonyl (C=O) groups is 2. The van der Waals surface area contributed by atoms with Gasteiger partial charge in [-0.1, -0.05) is 0 Å². The Bertz CT molecular complexity index is 668. The van der Waals surface area contributed by atoms with E-state index in [0.717, 1.165) is 10.9 Å². The molecule has 4 N–H and O–H groups in total. The van der Waals surface area contributed by atoms with E-state index in [-0.39, 0.29) is 17.0 Å². The SMILES string of the molecule is Cc1cnc(NC(=O)Nc2ccc(C(=O)O)cc2O)s1. The van der Waals surface area contributed by atoms with Gasteiger partial charge >= 0.3 is 12.0 Å². The first kappa shape index (κ1) is 13.8. The fraction of sp³-hybridized carbons (Fsp3) is 0.0833. The number of aromatic carboxylic acids is 1. The highest BCUT2D eigenvalue weighted by molar-refractivity contribution is 7.15. The predicted octanol–water partition coefficient (Wildman–Crippen LogP) is 2.50. The van der Waals surface area contributed by atoms with Crippen LogP contribution in [0, 0.1) is 6.92 Å². The average Bonchev–Trinajstić information content (AvgIpc) is 2.77. The van der Waals surface area contributed by atoms with Crippen LogP contribution in [0.4, 0.5) is 15.6 Å². The molecule has 7 nitrogen and oxygen atoms in total. The Morgan fingerprint density at radius 1 is 1.30 bits per heavy atom. The number of carbonyl (C=O) groups excluding carboxylic acids is 1. The van der Waals surface area contributed by atoms with Gasteiger partial charge in [-0.05, 0) is 25.1 Å². The van der Waals surface area contributed by atoms with Gasteiger partial charge in [-0.15, -0.1) is 11.3 Å². The van der Waals surface area contributed by atoms with E-state index in [0.29, 0.717) is 5.13 Å². The van der Waals surface area contributed by atoms with Crippen LogP contribution >= 0.6 is 11.3 Å². The van der Waals surface area contributed by atoms with E-state index in [2.05, 4.69) is 15.6 Å². The van der Waals surface area contributed by atoms with Gasteiger partial charge < -0.3 is 15.5 Å². The highest BCUT2D eigenvalue weighted by Gasteiger charge is 2.11. The molecule has 1 heterocycles. The van der Waals surface area contributed by atoms with Gasteiger partial charge in [0.1, 0.15) is 5.75 Å². The summed E-state index contributed by atoms with van der Waals surface area (Å²) < 4.78 is 0. The Labute approximate surface area is 117 Å². The molecule has 0 aliphatic carbocycles. The molecule has 1 aromatic heterocycles. The van der Waals surface area contributed by atoms with Crippen molar-refractivity contribution in [2.24, 2.45) is 0 Å². The molecule has 0 bridgehead atoms. The Balaban J connectivity index is 2.06. The van der Waals surface area contributed by atoms with Crippen LogP contribution in [0.1, 0.15) is 15.2 Å². The number of nitrogens with zero attached hydrogens (tertiary/aromatic N) is 1. The molecule has 0 fully saturated rings. The topological polar surface area (TPSA) is 112 Å².